The summed E-state index contributed by atoms with van der Waals surface area (Å²) >= 11 is 0. The van der Waals surface area contributed by atoms with E-state index in [1.54, 1.807) is 0 Å². The molecule has 0 spiro atoms. The normalized spacial score (nSPS) is 37.4. The molecule has 1 aliphatic carbocycles. The number of rotatable bonds is 4. The Labute approximate surface area is 98.3 Å². The van der Waals surface area contributed by atoms with Crippen molar-refractivity contribution in [3.63, 3.8) is 0 Å². The van der Waals surface area contributed by atoms with Crippen LogP contribution in [0.4, 0.5) is 0 Å². The number of nitriles is 1. The van der Waals surface area contributed by atoms with Crippen LogP contribution in [0.15, 0.2) is 12.2 Å². The number of ether oxygens (including phenoxy) is 1. The zero-order chi connectivity index (χ0) is 11.8. The summed E-state index contributed by atoms with van der Waals surface area (Å²) in [6, 6.07) is 2.17. The molecule has 0 aromatic rings. The minimum atomic E-state index is 0.197. The van der Waals surface area contributed by atoms with Crippen molar-refractivity contribution >= 4 is 0 Å². The molecule has 2 nitrogen and oxygen atoms in total. The van der Waals surface area contributed by atoms with Crippen LogP contribution < -0.4 is 0 Å². The Kier molecular flexibility index (Phi) is 2.84. The van der Waals surface area contributed by atoms with E-state index in [1.165, 1.54) is 12.8 Å². The zero-order valence-corrected chi connectivity index (χ0v) is 10.5. The summed E-state index contributed by atoms with van der Waals surface area (Å²) in [4.78, 5) is 0. The van der Waals surface area contributed by atoms with Crippen LogP contribution in [-0.4, -0.2) is 11.7 Å². The smallest absolute Gasteiger partial charge is 0.0923 e. The molecule has 0 aromatic heterocycles. The van der Waals surface area contributed by atoms with Gasteiger partial charge in [-0.3, -0.25) is 0 Å². The van der Waals surface area contributed by atoms with Crippen molar-refractivity contribution in [3.8, 4) is 6.07 Å². The van der Waals surface area contributed by atoms with E-state index < -0.39 is 0 Å². The third-order valence-corrected chi connectivity index (χ3v) is 4.18. The third-order valence-electron chi connectivity index (χ3n) is 4.18. The van der Waals surface area contributed by atoms with Crippen LogP contribution in [0.25, 0.3) is 0 Å². The largest absolute Gasteiger partial charge is 0.366 e. The number of nitrogens with zero attached hydrogens (tertiary/aromatic N) is 1. The Hall–Kier alpha value is -0.810. The molecule has 16 heavy (non-hydrogen) atoms. The number of fused-ring (bicyclic) bond motifs is 1. The van der Waals surface area contributed by atoms with Gasteiger partial charge in [0.2, 0.25) is 0 Å². The third kappa shape index (κ3) is 2.01. The molecule has 0 aromatic carbocycles. The number of hydrogen-bond donors (Lipinski definition) is 0. The Bertz CT molecular complexity index is 339. The van der Waals surface area contributed by atoms with Gasteiger partial charge in [-0.1, -0.05) is 26.0 Å². The fourth-order valence-electron chi connectivity index (χ4n) is 2.98. The highest BCUT2D eigenvalue weighted by molar-refractivity contribution is 5.15. The topological polar surface area (TPSA) is 36.3 Å². The highest BCUT2D eigenvalue weighted by Gasteiger charge is 2.63. The van der Waals surface area contributed by atoms with Crippen molar-refractivity contribution in [2.75, 3.05) is 0 Å². The average Bonchev–Trinajstić information content (AvgIpc) is 2.75. The predicted molar refractivity (Wildman–Crippen MR) is 63.8 cm³/mol. The molecule has 1 saturated heterocycles. The van der Waals surface area contributed by atoms with Crippen LogP contribution in [0.5, 0.6) is 0 Å². The van der Waals surface area contributed by atoms with Gasteiger partial charge in [0.1, 0.15) is 0 Å². The molecule has 2 fully saturated rings. The van der Waals surface area contributed by atoms with Crippen molar-refractivity contribution in [1.82, 2.24) is 0 Å². The van der Waals surface area contributed by atoms with Crippen molar-refractivity contribution in [1.29, 1.82) is 5.26 Å². The summed E-state index contributed by atoms with van der Waals surface area (Å²) in [6.07, 6.45) is 8.88. The molecule has 1 saturated carbocycles. The number of epoxide rings is 1. The van der Waals surface area contributed by atoms with Gasteiger partial charge >= 0.3 is 0 Å². The van der Waals surface area contributed by atoms with Crippen molar-refractivity contribution in [2.24, 2.45) is 11.3 Å². The van der Waals surface area contributed by atoms with Crippen molar-refractivity contribution in [2.45, 2.75) is 58.2 Å². The second-order valence-corrected chi connectivity index (χ2v) is 5.92. The summed E-state index contributed by atoms with van der Waals surface area (Å²) in [5.41, 5.74) is 0.400. The SMILES string of the molecule is CC(C)(/C=C\CCC#N)[C@@H]1CC[C@@]2(C)O[C@@H]12. The molecule has 0 radical (unpaired) electrons. The minimum Gasteiger partial charge on any atom is -0.366 e. The average molecular weight is 219 g/mol. The molecule has 1 heterocycles. The van der Waals surface area contributed by atoms with E-state index in [0.717, 1.165) is 6.42 Å². The fraction of sp³-hybridized carbons (Fsp3) is 0.786. The van der Waals surface area contributed by atoms with Crippen LogP contribution in [0.2, 0.25) is 0 Å². The van der Waals surface area contributed by atoms with E-state index in [4.69, 9.17) is 10.00 Å². The first-order valence-electron chi connectivity index (χ1n) is 6.22. The van der Waals surface area contributed by atoms with Gasteiger partial charge in [-0.25, -0.2) is 0 Å². The Balaban J connectivity index is 1.93. The molecule has 88 valence electrons. The first-order chi connectivity index (χ1) is 7.49. The maximum atomic E-state index is 8.49. The second-order valence-electron chi connectivity index (χ2n) is 5.92. The standard InChI is InChI=1S/C14H21NO/c1-13(2,8-5-4-6-10-15)11-7-9-14(3)12(11)16-14/h5,8,11-12H,4,6-7,9H2,1-3H3/b8-5-/t11-,12+,14-/m1/s1. The molecule has 0 N–H and O–H groups in total. The molecule has 1 aliphatic heterocycles. The molecular formula is C14H21NO. The molecule has 3 atom stereocenters. The molecule has 2 aliphatic rings. The quantitative estimate of drug-likeness (QED) is 0.412. The minimum absolute atomic E-state index is 0.197. The lowest BCUT2D eigenvalue weighted by molar-refractivity contribution is 0.167. The summed E-state index contributed by atoms with van der Waals surface area (Å²) in [5.74, 6) is 0.649. The Morgan fingerprint density at radius 1 is 1.56 bits per heavy atom. The van der Waals surface area contributed by atoms with Crippen LogP contribution >= 0.6 is 0 Å². The van der Waals surface area contributed by atoms with E-state index >= 15 is 0 Å². The van der Waals surface area contributed by atoms with Crippen LogP contribution in [-0.2, 0) is 4.74 Å². The molecular weight excluding hydrogens is 198 g/mol. The summed E-state index contributed by atoms with van der Waals surface area (Å²) in [6.45, 7) is 6.80. The second kappa shape index (κ2) is 3.89. The lowest BCUT2D eigenvalue weighted by Gasteiger charge is -2.28. The maximum Gasteiger partial charge on any atom is 0.0923 e. The fourth-order valence-corrected chi connectivity index (χ4v) is 2.98. The van der Waals surface area contributed by atoms with Gasteiger partial charge in [-0.2, -0.15) is 5.26 Å². The highest BCUT2D eigenvalue weighted by Crippen LogP contribution is 2.58. The predicted octanol–water partition coefficient (Wildman–Crippen LogP) is 3.44. The van der Waals surface area contributed by atoms with E-state index in [0.29, 0.717) is 18.4 Å². The van der Waals surface area contributed by atoms with Crippen LogP contribution in [0, 0.1) is 22.7 Å². The Morgan fingerprint density at radius 2 is 2.31 bits per heavy atom. The first-order valence-corrected chi connectivity index (χ1v) is 6.22. The van der Waals surface area contributed by atoms with Gasteiger partial charge in [0.05, 0.1) is 17.8 Å². The molecule has 0 bridgehead atoms. The maximum absolute atomic E-state index is 8.49. The monoisotopic (exact) mass is 219 g/mol. The highest BCUT2D eigenvalue weighted by atomic mass is 16.6. The van der Waals surface area contributed by atoms with E-state index in [1.807, 2.05) is 0 Å². The molecule has 2 rings (SSSR count). The van der Waals surface area contributed by atoms with Gasteiger partial charge in [-0.15, -0.1) is 0 Å². The van der Waals surface area contributed by atoms with Crippen LogP contribution in [0.1, 0.15) is 46.5 Å². The summed E-state index contributed by atoms with van der Waals surface area (Å²) < 4.78 is 5.78. The lowest BCUT2D eigenvalue weighted by atomic mass is 9.76. The molecule has 2 heteroatoms. The lowest BCUT2D eigenvalue weighted by Crippen LogP contribution is -2.24. The Morgan fingerprint density at radius 3 is 2.81 bits per heavy atom. The number of allylic oxidation sites excluding steroid dienone is 2. The summed E-state index contributed by atoms with van der Waals surface area (Å²) in [7, 11) is 0. The van der Waals surface area contributed by atoms with E-state index in [2.05, 4.69) is 39.0 Å². The first kappa shape index (κ1) is 11.7. The van der Waals surface area contributed by atoms with E-state index in [9.17, 15) is 0 Å². The van der Waals surface area contributed by atoms with Gasteiger partial charge in [0.25, 0.3) is 0 Å². The van der Waals surface area contributed by atoms with E-state index in [-0.39, 0.29) is 11.0 Å². The zero-order valence-electron chi connectivity index (χ0n) is 10.5. The van der Waals surface area contributed by atoms with Gasteiger partial charge in [0.15, 0.2) is 0 Å². The molecule has 0 unspecified atom stereocenters. The number of hydrogen-bond acceptors (Lipinski definition) is 2. The summed E-state index contributed by atoms with van der Waals surface area (Å²) in [5, 5.41) is 8.49. The van der Waals surface area contributed by atoms with Crippen molar-refractivity contribution in [3.05, 3.63) is 12.2 Å². The van der Waals surface area contributed by atoms with Crippen LogP contribution in [0.3, 0.4) is 0 Å². The van der Waals surface area contributed by atoms with Gasteiger partial charge in [-0.05, 0) is 37.5 Å². The van der Waals surface area contributed by atoms with Crippen molar-refractivity contribution < 1.29 is 4.74 Å². The van der Waals surface area contributed by atoms with Gasteiger partial charge < -0.3 is 4.74 Å². The number of unbranched alkanes of at least 4 members (excludes halogenated alkanes) is 1. The molecule has 0 amide bonds. The van der Waals surface area contributed by atoms with Gasteiger partial charge in [0, 0.05) is 6.42 Å².